The SMILES string of the molecule is O=C(O)[C@@H](O)[C@@H](O)[C@H](O)[C@@H](O)C(=O)O.[H-].[K+]. The molecule has 0 aliphatic heterocycles. The summed E-state index contributed by atoms with van der Waals surface area (Å²) in [6.07, 6.45) is -9.28. The second-order valence-corrected chi connectivity index (χ2v) is 2.55. The van der Waals surface area contributed by atoms with Crippen molar-refractivity contribution < 1.29 is 93.0 Å². The minimum absolute atomic E-state index is 0. The molecule has 8 nitrogen and oxygen atoms in total. The van der Waals surface area contributed by atoms with Gasteiger partial charge in [-0.1, -0.05) is 0 Å². The smallest absolute Gasteiger partial charge is 1.00 e. The van der Waals surface area contributed by atoms with Gasteiger partial charge in [0.25, 0.3) is 0 Å². The van der Waals surface area contributed by atoms with Gasteiger partial charge in [-0.05, 0) is 0 Å². The molecule has 0 spiro atoms. The number of hydrogen-bond donors (Lipinski definition) is 6. The molecule has 0 aliphatic carbocycles. The van der Waals surface area contributed by atoms with Gasteiger partial charge >= 0.3 is 63.3 Å². The molecule has 0 aromatic rings. The largest absolute Gasteiger partial charge is 1.00 e. The van der Waals surface area contributed by atoms with Gasteiger partial charge in [-0.3, -0.25) is 0 Å². The van der Waals surface area contributed by atoms with Crippen molar-refractivity contribution in [3.8, 4) is 0 Å². The fourth-order valence-electron chi connectivity index (χ4n) is 0.666. The van der Waals surface area contributed by atoms with Gasteiger partial charge in [-0.15, -0.1) is 0 Å². The van der Waals surface area contributed by atoms with Crippen LogP contribution >= 0.6 is 0 Å². The van der Waals surface area contributed by atoms with E-state index in [1.807, 2.05) is 0 Å². The number of rotatable bonds is 5. The second-order valence-electron chi connectivity index (χ2n) is 2.55. The third kappa shape index (κ3) is 5.33. The number of carbonyl (C=O) groups is 2. The van der Waals surface area contributed by atoms with Crippen LogP contribution in [0.4, 0.5) is 0 Å². The van der Waals surface area contributed by atoms with E-state index in [-0.39, 0.29) is 52.8 Å². The summed E-state index contributed by atoms with van der Waals surface area (Å²) in [5, 5.41) is 51.5. The Balaban J connectivity index is -0.000000845. The molecule has 0 amide bonds. The van der Waals surface area contributed by atoms with Crippen LogP contribution in [0.5, 0.6) is 0 Å². The minimum Gasteiger partial charge on any atom is -1.00 e. The van der Waals surface area contributed by atoms with Crippen molar-refractivity contribution >= 4 is 11.9 Å². The van der Waals surface area contributed by atoms with Gasteiger partial charge in [0.1, 0.15) is 12.2 Å². The van der Waals surface area contributed by atoms with E-state index in [1.54, 1.807) is 0 Å². The number of aliphatic carboxylic acids is 2. The summed E-state index contributed by atoms with van der Waals surface area (Å²) in [6, 6.07) is 0. The first-order valence-corrected chi connectivity index (χ1v) is 3.47. The molecule has 6 N–H and O–H groups in total. The molecule has 0 aromatic heterocycles. The van der Waals surface area contributed by atoms with Crippen molar-refractivity contribution in [1.29, 1.82) is 0 Å². The monoisotopic (exact) mass is 250 g/mol. The van der Waals surface area contributed by atoms with E-state index in [4.69, 9.17) is 30.6 Å². The van der Waals surface area contributed by atoms with Crippen LogP contribution in [0.25, 0.3) is 0 Å². The molecule has 0 unspecified atom stereocenters. The quantitative estimate of drug-likeness (QED) is 0.263. The second kappa shape index (κ2) is 7.65. The average molecular weight is 250 g/mol. The van der Waals surface area contributed by atoms with Crippen molar-refractivity contribution in [2.24, 2.45) is 0 Å². The molecule has 0 bridgehead atoms. The van der Waals surface area contributed by atoms with E-state index < -0.39 is 36.4 Å². The molecular formula is C6H11KO8. The summed E-state index contributed by atoms with van der Waals surface area (Å²) < 4.78 is 0. The Labute approximate surface area is 128 Å². The molecule has 0 heterocycles. The zero-order chi connectivity index (χ0) is 11.5. The summed E-state index contributed by atoms with van der Waals surface area (Å²) in [6.45, 7) is 0. The molecular weight excluding hydrogens is 239 g/mol. The third-order valence-electron chi connectivity index (χ3n) is 1.50. The number of aliphatic hydroxyl groups is 4. The number of carboxylic acid groups (broad SMARTS) is 2. The molecule has 15 heavy (non-hydrogen) atoms. The fourth-order valence-corrected chi connectivity index (χ4v) is 0.666. The van der Waals surface area contributed by atoms with E-state index >= 15 is 0 Å². The summed E-state index contributed by atoms with van der Waals surface area (Å²) in [5.74, 6) is -3.68. The number of carboxylic acids is 2. The zero-order valence-electron chi connectivity index (χ0n) is 8.81. The van der Waals surface area contributed by atoms with Crippen LogP contribution in [0.2, 0.25) is 0 Å². The van der Waals surface area contributed by atoms with Crippen LogP contribution in [-0.4, -0.2) is 67.0 Å². The van der Waals surface area contributed by atoms with Gasteiger partial charge < -0.3 is 32.1 Å². The molecule has 0 aliphatic rings. The first kappa shape index (κ1) is 17.8. The number of hydrogen-bond acceptors (Lipinski definition) is 6. The van der Waals surface area contributed by atoms with Crippen molar-refractivity contribution in [3.05, 3.63) is 0 Å². The van der Waals surface area contributed by atoms with Gasteiger partial charge in [0.05, 0.1) is 0 Å². The molecule has 0 saturated carbocycles. The Kier molecular flexibility index (Phi) is 9.08. The first-order valence-electron chi connectivity index (χ1n) is 3.47. The summed E-state index contributed by atoms with van der Waals surface area (Å²) in [5.41, 5.74) is 0. The maximum atomic E-state index is 10.1. The maximum Gasteiger partial charge on any atom is 1.00 e. The van der Waals surface area contributed by atoms with Crippen molar-refractivity contribution in [2.75, 3.05) is 0 Å². The Morgan fingerprint density at radius 3 is 1.13 bits per heavy atom. The summed E-state index contributed by atoms with van der Waals surface area (Å²) in [7, 11) is 0. The number of aliphatic hydroxyl groups excluding tert-OH is 4. The molecule has 84 valence electrons. The fraction of sp³-hybridized carbons (Fsp3) is 0.667. The summed E-state index contributed by atoms with van der Waals surface area (Å²) >= 11 is 0. The van der Waals surface area contributed by atoms with E-state index in [2.05, 4.69) is 0 Å². The molecule has 0 rings (SSSR count). The zero-order valence-corrected chi connectivity index (χ0v) is 10.9. The molecule has 9 heteroatoms. The van der Waals surface area contributed by atoms with E-state index in [1.165, 1.54) is 0 Å². The standard InChI is InChI=1S/C6H10O8.K.H/c7-1(3(9)5(11)12)2(8)4(10)6(13)14;;/h1-4,7-10H,(H,11,12)(H,13,14);;/q;+1;-1/t1-,2-,3-,4+;;/m0../s1. The van der Waals surface area contributed by atoms with Crippen LogP contribution < -0.4 is 51.4 Å². The van der Waals surface area contributed by atoms with Crippen molar-refractivity contribution in [2.45, 2.75) is 24.4 Å². The van der Waals surface area contributed by atoms with Gasteiger partial charge in [0.2, 0.25) is 0 Å². The molecule has 0 aromatic carbocycles. The Morgan fingerprint density at radius 2 is 1.00 bits per heavy atom. The predicted molar refractivity (Wildman–Crippen MR) is 40.4 cm³/mol. The molecule has 0 saturated heterocycles. The average Bonchev–Trinajstić information content (AvgIpc) is 2.12. The topological polar surface area (TPSA) is 156 Å². The van der Waals surface area contributed by atoms with Crippen LogP contribution in [-0.2, 0) is 9.59 Å². The van der Waals surface area contributed by atoms with Gasteiger partial charge in [-0.25, -0.2) is 9.59 Å². The first-order chi connectivity index (χ1) is 6.29. The van der Waals surface area contributed by atoms with Gasteiger partial charge in [-0.2, -0.15) is 0 Å². The minimum atomic E-state index is -2.36. The van der Waals surface area contributed by atoms with Crippen molar-refractivity contribution in [3.63, 3.8) is 0 Å². The summed E-state index contributed by atoms with van der Waals surface area (Å²) in [4.78, 5) is 20.2. The molecule has 0 radical (unpaired) electrons. The van der Waals surface area contributed by atoms with Crippen LogP contribution in [0.1, 0.15) is 1.43 Å². The Bertz CT molecular complexity index is 213. The van der Waals surface area contributed by atoms with Crippen LogP contribution in [0, 0.1) is 0 Å². The predicted octanol–water partition coefficient (Wildman–Crippen LogP) is -6.28. The van der Waals surface area contributed by atoms with E-state index in [9.17, 15) is 9.59 Å². The van der Waals surface area contributed by atoms with Gasteiger partial charge in [0, 0.05) is 0 Å². The van der Waals surface area contributed by atoms with Gasteiger partial charge in [0.15, 0.2) is 12.2 Å². The van der Waals surface area contributed by atoms with E-state index in [0.717, 1.165) is 0 Å². The van der Waals surface area contributed by atoms with Crippen LogP contribution in [0.15, 0.2) is 0 Å². The third-order valence-corrected chi connectivity index (χ3v) is 1.50. The maximum absolute atomic E-state index is 10.1. The van der Waals surface area contributed by atoms with E-state index in [0.29, 0.717) is 0 Å². The van der Waals surface area contributed by atoms with Crippen molar-refractivity contribution in [1.82, 2.24) is 0 Å². The molecule has 0 fully saturated rings. The normalized spacial score (nSPS) is 18.1. The Hall–Kier alpha value is 0.416. The Morgan fingerprint density at radius 1 is 0.800 bits per heavy atom. The molecule has 4 atom stereocenters. The van der Waals surface area contributed by atoms with Crippen LogP contribution in [0.3, 0.4) is 0 Å².